The monoisotopic (exact) mass is 426 g/mol. The Kier molecular flexibility index (Phi) is 8.10. The second-order valence-corrected chi connectivity index (χ2v) is 10.3. The zero-order valence-corrected chi connectivity index (χ0v) is 19.2. The smallest absolute Gasteiger partial charge is 0.237 e. The molecule has 0 spiro atoms. The Labute approximate surface area is 187 Å². The van der Waals surface area contributed by atoms with Crippen LogP contribution >= 0.6 is 0 Å². The van der Waals surface area contributed by atoms with Crippen LogP contribution in [0.15, 0.2) is 24.3 Å². The van der Waals surface area contributed by atoms with Gasteiger partial charge in [-0.25, -0.2) is 0 Å². The number of nitrogens with one attached hydrogen (secondary N) is 2. The van der Waals surface area contributed by atoms with Crippen molar-refractivity contribution in [3.63, 3.8) is 0 Å². The van der Waals surface area contributed by atoms with Gasteiger partial charge in [0, 0.05) is 31.7 Å². The Morgan fingerprint density at radius 2 is 2.03 bits per heavy atom. The summed E-state index contributed by atoms with van der Waals surface area (Å²) in [7, 11) is 0. The summed E-state index contributed by atoms with van der Waals surface area (Å²) < 4.78 is 0. The summed E-state index contributed by atoms with van der Waals surface area (Å²) in [5, 5.41) is 26.2. The lowest BCUT2D eigenvalue weighted by molar-refractivity contribution is -0.132. The first-order chi connectivity index (χ1) is 14.7. The summed E-state index contributed by atoms with van der Waals surface area (Å²) >= 11 is 0. The molecule has 0 unspecified atom stereocenters. The molecule has 4 atom stereocenters. The molecule has 6 nitrogen and oxygen atoms in total. The van der Waals surface area contributed by atoms with Crippen molar-refractivity contribution in [2.24, 2.45) is 11.8 Å². The summed E-state index contributed by atoms with van der Waals surface area (Å²) in [6.45, 7) is 8.50. The van der Waals surface area contributed by atoms with Gasteiger partial charge >= 0.3 is 0 Å². The minimum absolute atomic E-state index is 0.0880. The molecular formula is C25H38N4O2. The van der Waals surface area contributed by atoms with Crippen LogP contribution < -0.4 is 10.6 Å². The molecule has 2 fully saturated rings. The molecule has 1 aliphatic heterocycles. The third kappa shape index (κ3) is 7.03. The molecule has 1 heterocycles. The molecule has 6 heteroatoms. The van der Waals surface area contributed by atoms with Crippen LogP contribution in [0, 0.1) is 23.2 Å². The van der Waals surface area contributed by atoms with Crippen LogP contribution in [0.3, 0.4) is 0 Å². The minimum Gasteiger partial charge on any atom is -0.390 e. The van der Waals surface area contributed by atoms with E-state index < -0.39 is 6.10 Å². The van der Waals surface area contributed by atoms with E-state index >= 15 is 0 Å². The van der Waals surface area contributed by atoms with E-state index in [4.69, 9.17) is 5.26 Å². The SMILES string of the molecule is CC(C)(C)NC(=O)[C@@H]1C[C@@H]2CCCC[C@@H]2CN1C[C@H](O)CNCc1cccc(C#N)c1. The molecule has 0 bridgehead atoms. The van der Waals surface area contributed by atoms with Gasteiger partial charge in [-0.3, -0.25) is 9.69 Å². The molecule has 31 heavy (non-hydrogen) atoms. The number of hydrogen-bond donors (Lipinski definition) is 3. The number of nitrogens with zero attached hydrogens (tertiary/aromatic N) is 2. The maximum absolute atomic E-state index is 13.1. The van der Waals surface area contributed by atoms with E-state index in [2.05, 4.69) is 21.6 Å². The number of benzene rings is 1. The molecule has 1 aliphatic carbocycles. The van der Waals surface area contributed by atoms with E-state index in [0.717, 1.165) is 18.5 Å². The zero-order chi connectivity index (χ0) is 22.4. The number of likely N-dealkylation sites (tertiary alicyclic amines) is 1. The third-order valence-corrected chi connectivity index (χ3v) is 6.51. The second kappa shape index (κ2) is 10.6. The summed E-state index contributed by atoms with van der Waals surface area (Å²) in [4.78, 5) is 15.3. The highest BCUT2D eigenvalue weighted by Crippen LogP contribution is 2.38. The van der Waals surface area contributed by atoms with Gasteiger partial charge < -0.3 is 15.7 Å². The molecule has 1 saturated heterocycles. The predicted octanol–water partition coefficient (Wildman–Crippen LogP) is 2.80. The lowest BCUT2D eigenvalue weighted by atomic mass is 9.72. The van der Waals surface area contributed by atoms with Gasteiger partial charge in [0.15, 0.2) is 0 Å². The topological polar surface area (TPSA) is 88.4 Å². The molecule has 0 aromatic heterocycles. The van der Waals surface area contributed by atoms with Gasteiger partial charge in [-0.1, -0.05) is 31.4 Å². The summed E-state index contributed by atoms with van der Waals surface area (Å²) in [5.74, 6) is 1.36. The highest BCUT2D eigenvalue weighted by atomic mass is 16.3. The van der Waals surface area contributed by atoms with Crippen molar-refractivity contribution < 1.29 is 9.90 Å². The van der Waals surface area contributed by atoms with E-state index in [0.29, 0.717) is 37.0 Å². The Balaban J connectivity index is 1.57. The van der Waals surface area contributed by atoms with Crippen molar-refractivity contribution in [3.05, 3.63) is 35.4 Å². The van der Waals surface area contributed by atoms with Crippen molar-refractivity contribution in [2.75, 3.05) is 19.6 Å². The number of carbonyl (C=O) groups excluding carboxylic acids is 1. The number of aliphatic hydroxyl groups is 1. The van der Waals surface area contributed by atoms with Crippen molar-refractivity contribution >= 4 is 5.91 Å². The van der Waals surface area contributed by atoms with Crippen LogP contribution in [0.1, 0.15) is 64.0 Å². The lowest BCUT2D eigenvalue weighted by Gasteiger charge is -2.46. The van der Waals surface area contributed by atoms with Gasteiger partial charge in [0.1, 0.15) is 0 Å². The number of fused-ring (bicyclic) bond motifs is 1. The zero-order valence-electron chi connectivity index (χ0n) is 19.2. The molecule has 3 rings (SSSR count). The number of rotatable bonds is 7. The molecular weight excluding hydrogens is 388 g/mol. The first-order valence-electron chi connectivity index (χ1n) is 11.7. The Morgan fingerprint density at radius 1 is 1.29 bits per heavy atom. The quantitative estimate of drug-likeness (QED) is 0.624. The maximum atomic E-state index is 13.1. The van der Waals surface area contributed by atoms with Crippen molar-refractivity contribution in [3.8, 4) is 6.07 Å². The summed E-state index contributed by atoms with van der Waals surface area (Å²) in [6.07, 6.45) is 5.35. The highest BCUT2D eigenvalue weighted by molar-refractivity contribution is 5.82. The normalized spacial score (nSPS) is 25.3. The van der Waals surface area contributed by atoms with Gasteiger partial charge in [0.05, 0.1) is 23.8 Å². The standard InChI is InChI=1S/C25H38N4O2/c1-25(2,3)28-24(31)23-12-20-9-4-5-10-21(20)16-29(23)17-22(30)15-27-14-19-8-6-7-18(11-19)13-26/h6-8,11,20-23,27,30H,4-5,9-10,12,14-17H2,1-3H3,(H,28,31)/t20-,21+,22+,23-/m0/s1. The van der Waals surface area contributed by atoms with E-state index in [1.165, 1.54) is 25.7 Å². The van der Waals surface area contributed by atoms with Crippen molar-refractivity contribution in [1.82, 2.24) is 15.5 Å². The van der Waals surface area contributed by atoms with E-state index in [-0.39, 0.29) is 17.5 Å². The van der Waals surface area contributed by atoms with E-state index in [9.17, 15) is 9.90 Å². The van der Waals surface area contributed by atoms with Crippen LogP contribution in [-0.4, -0.2) is 53.2 Å². The number of aliphatic hydroxyl groups excluding tert-OH is 1. The molecule has 1 aromatic rings. The molecule has 1 amide bonds. The molecule has 170 valence electrons. The Hall–Kier alpha value is -1.94. The fourth-order valence-corrected chi connectivity index (χ4v) is 5.10. The van der Waals surface area contributed by atoms with Gasteiger partial charge in [-0.15, -0.1) is 0 Å². The van der Waals surface area contributed by atoms with Crippen molar-refractivity contribution in [1.29, 1.82) is 5.26 Å². The molecule has 1 saturated carbocycles. The van der Waals surface area contributed by atoms with Crippen LogP contribution in [0.25, 0.3) is 0 Å². The van der Waals surface area contributed by atoms with Gasteiger partial charge in [-0.2, -0.15) is 5.26 Å². The van der Waals surface area contributed by atoms with Crippen LogP contribution in [0.4, 0.5) is 0 Å². The average molecular weight is 427 g/mol. The van der Waals surface area contributed by atoms with Gasteiger partial charge in [-0.05, 0) is 63.1 Å². The van der Waals surface area contributed by atoms with Crippen molar-refractivity contribution in [2.45, 2.75) is 77.1 Å². The minimum atomic E-state index is -0.552. The average Bonchev–Trinajstić information content (AvgIpc) is 2.72. The Bertz CT molecular complexity index is 782. The maximum Gasteiger partial charge on any atom is 0.237 e. The number of hydrogen-bond acceptors (Lipinski definition) is 5. The van der Waals surface area contributed by atoms with Crippen LogP contribution in [0.2, 0.25) is 0 Å². The molecule has 2 aliphatic rings. The van der Waals surface area contributed by atoms with E-state index in [1.807, 2.05) is 39.0 Å². The summed E-state index contributed by atoms with van der Waals surface area (Å²) in [6, 6.07) is 9.48. The van der Waals surface area contributed by atoms with E-state index in [1.54, 1.807) is 6.07 Å². The lowest BCUT2D eigenvalue weighted by Crippen LogP contribution is -2.59. The number of β-amino-alcohol motifs (C(OH)–C–C–N with tert-alkyl or cyclic N) is 1. The number of amides is 1. The van der Waals surface area contributed by atoms with Crippen LogP contribution in [-0.2, 0) is 11.3 Å². The summed E-state index contributed by atoms with van der Waals surface area (Å²) in [5.41, 5.74) is 1.41. The number of carbonyl (C=O) groups is 1. The first-order valence-corrected chi connectivity index (χ1v) is 11.7. The molecule has 1 aromatic carbocycles. The van der Waals surface area contributed by atoms with Crippen LogP contribution in [0.5, 0.6) is 0 Å². The molecule has 0 radical (unpaired) electrons. The first kappa shape index (κ1) is 23.7. The second-order valence-electron chi connectivity index (χ2n) is 10.3. The predicted molar refractivity (Wildman–Crippen MR) is 122 cm³/mol. The number of piperidine rings is 1. The Morgan fingerprint density at radius 3 is 2.74 bits per heavy atom. The largest absolute Gasteiger partial charge is 0.390 e. The van der Waals surface area contributed by atoms with Gasteiger partial charge in [0.25, 0.3) is 0 Å². The highest BCUT2D eigenvalue weighted by Gasteiger charge is 2.40. The fraction of sp³-hybridized carbons (Fsp3) is 0.680. The third-order valence-electron chi connectivity index (χ3n) is 6.51. The molecule has 3 N–H and O–H groups in total. The van der Waals surface area contributed by atoms with Gasteiger partial charge in [0.2, 0.25) is 5.91 Å². The number of nitriles is 1. The fourth-order valence-electron chi connectivity index (χ4n) is 5.10.